The maximum absolute atomic E-state index is 7.64. The maximum atomic E-state index is 7.64. The molecule has 2 heterocycles. The highest BCUT2D eigenvalue weighted by molar-refractivity contribution is 6.72. The van der Waals surface area contributed by atoms with E-state index in [4.69, 9.17) is 10.8 Å². The summed E-state index contributed by atoms with van der Waals surface area (Å²) in [5.41, 5.74) is 1.37. The summed E-state index contributed by atoms with van der Waals surface area (Å²) in [6, 6.07) is 5.41. The molecule has 0 fully saturated rings. The van der Waals surface area contributed by atoms with Crippen molar-refractivity contribution in [2.45, 2.75) is 0 Å². The van der Waals surface area contributed by atoms with E-state index >= 15 is 0 Å². The Balaban J connectivity index is 2.45. The topological polar surface area (TPSA) is 73.0 Å². The molecule has 0 unspecified atom stereocenters. The molecule has 1 aliphatic heterocycles. The van der Waals surface area contributed by atoms with Gasteiger partial charge in [-0.15, -0.1) is 0 Å². The lowest BCUT2D eigenvalue weighted by atomic mass is 10.1. The van der Waals surface area contributed by atoms with Crippen LogP contribution >= 0.6 is 0 Å². The Morgan fingerprint density at radius 2 is 2.00 bits per heavy atom. The standard InChI is InChI=1S/C10H8N4/c11-7-4-6-14-10(9(7)12)8-3-1-2-5-13-8/h1-6,11-12H. The minimum absolute atomic E-state index is 0.117. The lowest BCUT2D eigenvalue weighted by Gasteiger charge is -2.08. The fraction of sp³-hybridized carbons (Fsp3) is 0. The predicted octanol–water partition coefficient (Wildman–Crippen LogP) is 1.44. The van der Waals surface area contributed by atoms with Crippen molar-refractivity contribution in [2.75, 3.05) is 0 Å². The van der Waals surface area contributed by atoms with Gasteiger partial charge in [-0.1, -0.05) is 6.07 Å². The van der Waals surface area contributed by atoms with E-state index in [1.165, 1.54) is 12.3 Å². The van der Waals surface area contributed by atoms with E-state index in [1.807, 2.05) is 6.07 Å². The van der Waals surface area contributed by atoms with E-state index in [2.05, 4.69) is 9.98 Å². The van der Waals surface area contributed by atoms with Gasteiger partial charge in [0, 0.05) is 12.4 Å². The van der Waals surface area contributed by atoms with Gasteiger partial charge in [0.2, 0.25) is 0 Å². The van der Waals surface area contributed by atoms with E-state index in [0.29, 0.717) is 11.4 Å². The van der Waals surface area contributed by atoms with E-state index in [0.717, 1.165) is 0 Å². The number of aromatic nitrogens is 1. The third-order valence-corrected chi connectivity index (χ3v) is 1.86. The molecule has 0 radical (unpaired) electrons. The van der Waals surface area contributed by atoms with Gasteiger partial charge in [0.25, 0.3) is 0 Å². The Morgan fingerprint density at radius 3 is 2.71 bits per heavy atom. The van der Waals surface area contributed by atoms with Gasteiger partial charge in [-0.3, -0.25) is 20.8 Å². The summed E-state index contributed by atoms with van der Waals surface area (Å²) in [4.78, 5) is 8.12. The van der Waals surface area contributed by atoms with Crippen molar-refractivity contribution in [1.29, 1.82) is 10.8 Å². The number of allylic oxidation sites excluding steroid dienone is 1. The summed E-state index contributed by atoms with van der Waals surface area (Å²) in [6.45, 7) is 0. The van der Waals surface area contributed by atoms with Gasteiger partial charge in [-0.2, -0.15) is 0 Å². The molecule has 0 spiro atoms. The molecule has 0 bridgehead atoms. The minimum Gasteiger partial charge on any atom is -0.299 e. The Morgan fingerprint density at radius 1 is 1.14 bits per heavy atom. The second kappa shape index (κ2) is 3.33. The van der Waals surface area contributed by atoms with Gasteiger partial charge >= 0.3 is 0 Å². The molecule has 2 rings (SSSR count). The summed E-state index contributed by atoms with van der Waals surface area (Å²) >= 11 is 0. The van der Waals surface area contributed by atoms with Crippen LogP contribution in [0, 0.1) is 10.8 Å². The molecule has 68 valence electrons. The second-order valence-electron chi connectivity index (χ2n) is 2.80. The Kier molecular flexibility index (Phi) is 2.02. The van der Waals surface area contributed by atoms with Crippen LogP contribution in [0.5, 0.6) is 0 Å². The average molecular weight is 184 g/mol. The zero-order valence-electron chi connectivity index (χ0n) is 7.36. The largest absolute Gasteiger partial charge is 0.299 e. The molecule has 1 aromatic rings. The van der Waals surface area contributed by atoms with Crippen molar-refractivity contribution in [3.8, 4) is 0 Å². The first kappa shape index (κ1) is 8.50. The highest BCUT2D eigenvalue weighted by Gasteiger charge is 2.16. The van der Waals surface area contributed by atoms with Crippen LogP contribution in [0.1, 0.15) is 5.69 Å². The van der Waals surface area contributed by atoms with Crippen LogP contribution in [-0.2, 0) is 0 Å². The van der Waals surface area contributed by atoms with Gasteiger partial charge in [-0.25, -0.2) is 0 Å². The van der Waals surface area contributed by atoms with Gasteiger partial charge in [0.05, 0.1) is 11.4 Å². The molecule has 4 heteroatoms. The quantitative estimate of drug-likeness (QED) is 0.680. The van der Waals surface area contributed by atoms with Crippen molar-refractivity contribution in [3.63, 3.8) is 0 Å². The summed E-state index contributed by atoms with van der Waals surface area (Å²) in [7, 11) is 0. The Hall–Kier alpha value is -2.10. The Bertz CT molecular complexity index is 442. The fourth-order valence-corrected chi connectivity index (χ4v) is 1.16. The van der Waals surface area contributed by atoms with E-state index in [-0.39, 0.29) is 11.4 Å². The number of nitrogens with zero attached hydrogens (tertiary/aromatic N) is 2. The number of rotatable bonds is 1. The summed E-state index contributed by atoms with van der Waals surface area (Å²) in [5, 5.41) is 15.1. The predicted molar refractivity (Wildman–Crippen MR) is 55.4 cm³/mol. The van der Waals surface area contributed by atoms with Crippen molar-refractivity contribution in [2.24, 2.45) is 4.99 Å². The van der Waals surface area contributed by atoms with Gasteiger partial charge in [-0.05, 0) is 18.2 Å². The Labute approximate surface area is 81.0 Å². The van der Waals surface area contributed by atoms with Crippen molar-refractivity contribution in [3.05, 3.63) is 42.4 Å². The SMILES string of the molecule is N=C1C=CN=C(c2ccccn2)C1=N. The van der Waals surface area contributed by atoms with Crippen LogP contribution in [-0.4, -0.2) is 22.1 Å². The smallest absolute Gasteiger partial charge is 0.116 e. The third-order valence-electron chi connectivity index (χ3n) is 1.86. The van der Waals surface area contributed by atoms with Crippen LogP contribution in [0.2, 0.25) is 0 Å². The zero-order chi connectivity index (χ0) is 9.97. The first-order chi connectivity index (χ1) is 6.79. The molecule has 0 amide bonds. The molecular formula is C10H8N4. The van der Waals surface area contributed by atoms with Crippen LogP contribution in [0.15, 0.2) is 41.7 Å². The van der Waals surface area contributed by atoms with Gasteiger partial charge in [0.1, 0.15) is 11.4 Å². The summed E-state index contributed by atoms with van der Waals surface area (Å²) in [6.07, 6.45) is 4.66. The van der Waals surface area contributed by atoms with E-state index in [1.54, 1.807) is 18.3 Å². The van der Waals surface area contributed by atoms with Crippen molar-refractivity contribution < 1.29 is 0 Å². The maximum Gasteiger partial charge on any atom is 0.116 e. The monoisotopic (exact) mass is 184 g/mol. The fourth-order valence-electron chi connectivity index (χ4n) is 1.16. The van der Waals surface area contributed by atoms with Crippen LogP contribution in [0.3, 0.4) is 0 Å². The van der Waals surface area contributed by atoms with Gasteiger partial charge in [0.15, 0.2) is 0 Å². The molecule has 0 atom stereocenters. The lowest BCUT2D eigenvalue weighted by Crippen LogP contribution is -2.25. The highest BCUT2D eigenvalue weighted by Crippen LogP contribution is 2.04. The second-order valence-corrected chi connectivity index (χ2v) is 2.80. The number of nitrogens with one attached hydrogen (secondary N) is 2. The average Bonchev–Trinajstić information content (AvgIpc) is 2.23. The zero-order valence-corrected chi connectivity index (χ0v) is 7.36. The molecule has 4 nitrogen and oxygen atoms in total. The number of pyridine rings is 1. The molecule has 1 aliphatic rings. The number of hydrogen-bond donors (Lipinski definition) is 2. The van der Waals surface area contributed by atoms with Crippen molar-refractivity contribution >= 4 is 17.1 Å². The third kappa shape index (κ3) is 1.37. The molecule has 14 heavy (non-hydrogen) atoms. The summed E-state index contributed by atoms with van der Waals surface area (Å²) in [5.74, 6) is 0. The first-order valence-electron chi connectivity index (χ1n) is 4.12. The van der Waals surface area contributed by atoms with E-state index < -0.39 is 0 Å². The van der Waals surface area contributed by atoms with Crippen molar-refractivity contribution in [1.82, 2.24) is 4.98 Å². The van der Waals surface area contributed by atoms with Crippen LogP contribution < -0.4 is 0 Å². The number of hydrogen-bond acceptors (Lipinski definition) is 4. The molecule has 1 aromatic heterocycles. The van der Waals surface area contributed by atoms with Crippen LogP contribution in [0.4, 0.5) is 0 Å². The molecule has 0 saturated carbocycles. The molecule has 0 saturated heterocycles. The number of aliphatic imine (C=N–C) groups is 1. The molecule has 2 N–H and O–H groups in total. The van der Waals surface area contributed by atoms with Crippen LogP contribution in [0.25, 0.3) is 0 Å². The molecular weight excluding hydrogens is 176 g/mol. The van der Waals surface area contributed by atoms with Gasteiger partial charge < -0.3 is 0 Å². The minimum atomic E-state index is 0.117. The molecule has 0 aliphatic carbocycles. The lowest BCUT2D eigenvalue weighted by molar-refractivity contribution is 1.29. The highest BCUT2D eigenvalue weighted by atomic mass is 14.8. The summed E-state index contributed by atoms with van der Waals surface area (Å²) < 4.78 is 0. The first-order valence-corrected chi connectivity index (χ1v) is 4.12. The molecule has 0 aromatic carbocycles. The van der Waals surface area contributed by atoms with E-state index in [9.17, 15) is 0 Å². The normalized spacial score (nSPS) is 15.6.